The second-order valence-corrected chi connectivity index (χ2v) is 8.08. The number of ether oxygens (including phenoxy) is 1. The van der Waals surface area contributed by atoms with Gasteiger partial charge in [0.1, 0.15) is 17.5 Å². The second kappa shape index (κ2) is 7.08. The molecule has 138 valence electrons. The molecule has 0 saturated heterocycles. The lowest BCUT2D eigenvalue weighted by molar-refractivity contribution is -0.122. The molecule has 0 bridgehead atoms. The van der Waals surface area contributed by atoms with Crippen LogP contribution in [0.3, 0.4) is 0 Å². The zero-order valence-corrected chi connectivity index (χ0v) is 15.5. The Bertz CT molecular complexity index is 642. The summed E-state index contributed by atoms with van der Waals surface area (Å²) in [5.74, 6) is 1.41. The first-order valence-corrected chi connectivity index (χ1v) is 9.42. The molecule has 25 heavy (non-hydrogen) atoms. The summed E-state index contributed by atoms with van der Waals surface area (Å²) < 4.78 is 6.26. The summed E-state index contributed by atoms with van der Waals surface area (Å²) in [7, 11) is 0. The van der Waals surface area contributed by atoms with E-state index in [9.17, 15) is 9.90 Å². The van der Waals surface area contributed by atoms with Crippen LogP contribution in [0, 0.1) is 11.8 Å². The number of allylic oxidation sites excluding steroid dienone is 4. The molecule has 0 radical (unpaired) electrons. The number of rotatable bonds is 4. The number of fused-ring (bicyclic) bond motifs is 1. The van der Waals surface area contributed by atoms with Gasteiger partial charge in [-0.25, -0.2) is 0 Å². The number of aliphatic hydroxyl groups is 2. The van der Waals surface area contributed by atoms with Crippen molar-refractivity contribution < 1.29 is 19.7 Å². The first-order valence-electron chi connectivity index (χ1n) is 9.42. The van der Waals surface area contributed by atoms with Crippen molar-refractivity contribution in [2.45, 2.75) is 71.0 Å². The Hall–Kier alpha value is -1.39. The fourth-order valence-corrected chi connectivity index (χ4v) is 4.65. The molecule has 4 atom stereocenters. The molecule has 0 spiro atoms. The van der Waals surface area contributed by atoms with E-state index in [0.717, 1.165) is 36.8 Å². The summed E-state index contributed by atoms with van der Waals surface area (Å²) in [6.07, 6.45) is 8.14. The zero-order chi connectivity index (χ0) is 18.2. The topological polar surface area (TPSA) is 66.8 Å². The number of carbonyl (C=O) groups is 1. The van der Waals surface area contributed by atoms with E-state index in [1.54, 1.807) is 0 Å². The van der Waals surface area contributed by atoms with Crippen molar-refractivity contribution in [1.82, 2.24) is 0 Å². The van der Waals surface area contributed by atoms with Crippen molar-refractivity contribution in [2.24, 2.45) is 11.8 Å². The predicted molar refractivity (Wildman–Crippen MR) is 96.8 cm³/mol. The number of ketones is 1. The highest BCUT2D eigenvalue weighted by molar-refractivity contribution is 5.97. The van der Waals surface area contributed by atoms with Gasteiger partial charge in [-0.3, -0.25) is 4.79 Å². The van der Waals surface area contributed by atoms with Gasteiger partial charge >= 0.3 is 0 Å². The van der Waals surface area contributed by atoms with Crippen LogP contribution < -0.4 is 0 Å². The third-order valence-electron chi connectivity index (χ3n) is 6.31. The molecule has 0 amide bonds. The minimum atomic E-state index is -0.618. The number of hydrogen-bond donors (Lipinski definition) is 2. The summed E-state index contributed by atoms with van der Waals surface area (Å²) in [5, 5.41) is 19.3. The molecule has 2 aliphatic carbocycles. The van der Waals surface area contributed by atoms with E-state index in [0.29, 0.717) is 30.4 Å². The third kappa shape index (κ3) is 3.47. The van der Waals surface area contributed by atoms with E-state index in [1.807, 2.05) is 6.92 Å². The van der Waals surface area contributed by atoms with Gasteiger partial charge in [-0.1, -0.05) is 23.3 Å². The SMILES string of the molecule is C/C(=C/C/C=C(\C)CO)C1CCC2(C)OC3=C(CC12)C(=O)CCC3O. The van der Waals surface area contributed by atoms with Gasteiger partial charge in [0.25, 0.3) is 0 Å². The van der Waals surface area contributed by atoms with Crippen LogP contribution in [0.1, 0.15) is 59.3 Å². The normalized spacial score (nSPS) is 36.2. The van der Waals surface area contributed by atoms with Crippen molar-refractivity contribution in [3.8, 4) is 0 Å². The van der Waals surface area contributed by atoms with Gasteiger partial charge in [-0.2, -0.15) is 0 Å². The first-order chi connectivity index (χ1) is 11.9. The van der Waals surface area contributed by atoms with E-state index in [2.05, 4.69) is 26.0 Å². The van der Waals surface area contributed by atoms with E-state index in [4.69, 9.17) is 9.84 Å². The summed E-state index contributed by atoms with van der Waals surface area (Å²) in [5.41, 5.74) is 2.77. The lowest BCUT2D eigenvalue weighted by Crippen LogP contribution is -2.44. The summed E-state index contributed by atoms with van der Waals surface area (Å²) in [4.78, 5) is 12.3. The molecule has 0 aromatic rings. The Labute approximate surface area is 150 Å². The lowest BCUT2D eigenvalue weighted by atomic mass is 9.74. The van der Waals surface area contributed by atoms with Crippen LogP contribution in [-0.4, -0.2) is 34.3 Å². The van der Waals surface area contributed by atoms with Crippen LogP contribution in [-0.2, 0) is 9.53 Å². The lowest BCUT2D eigenvalue weighted by Gasteiger charge is -2.43. The minimum absolute atomic E-state index is 0.103. The molecule has 1 saturated carbocycles. The summed E-state index contributed by atoms with van der Waals surface area (Å²) >= 11 is 0. The molecule has 4 nitrogen and oxygen atoms in total. The molecule has 2 N–H and O–H groups in total. The van der Waals surface area contributed by atoms with Gasteiger partial charge < -0.3 is 14.9 Å². The standard InChI is InChI=1S/C21H30O4/c1-13(12-22)5-4-6-14(2)15-9-10-21(3)17(15)11-16-18(23)7-8-19(24)20(16)25-21/h5-6,15,17,19,22,24H,4,7-12H2,1-3H3/b13-5+,14-6-. The Kier molecular flexibility index (Phi) is 5.21. The average molecular weight is 346 g/mol. The number of hydrogen-bond acceptors (Lipinski definition) is 4. The minimum Gasteiger partial charge on any atom is -0.488 e. The van der Waals surface area contributed by atoms with Gasteiger partial charge in [0, 0.05) is 17.9 Å². The predicted octanol–water partition coefficient (Wildman–Crippen LogP) is 3.44. The largest absolute Gasteiger partial charge is 0.488 e. The number of aliphatic hydroxyl groups excluding tert-OH is 2. The summed E-state index contributed by atoms with van der Waals surface area (Å²) in [6, 6.07) is 0. The Balaban J connectivity index is 1.80. The van der Waals surface area contributed by atoms with E-state index in [-0.39, 0.29) is 18.0 Å². The maximum atomic E-state index is 12.3. The van der Waals surface area contributed by atoms with Crippen LogP contribution in [0.25, 0.3) is 0 Å². The molecule has 4 unspecified atom stereocenters. The van der Waals surface area contributed by atoms with E-state index < -0.39 is 6.10 Å². The van der Waals surface area contributed by atoms with E-state index in [1.165, 1.54) is 5.57 Å². The average Bonchev–Trinajstić information content (AvgIpc) is 2.93. The third-order valence-corrected chi connectivity index (χ3v) is 6.31. The van der Waals surface area contributed by atoms with Gasteiger partial charge in [0.2, 0.25) is 0 Å². The smallest absolute Gasteiger partial charge is 0.162 e. The van der Waals surface area contributed by atoms with Crippen LogP contribution in [0.5, 0.6) is 0 Å². The maximum absolute atomic E-state index is 12.3. The van der Waals surface area contributed by atoms with Crippen molar-refractivity contribution in [1.29, 1.82) is 0 Å². The molecule has 1 heterocycles. The fourth-order valence-electron chi connectivity index (χ4n) is 4.65. The van der Waals surface area contributed by atoms with Crippen LogP contribution in [0.2, 0.25) is 0 Å². The molecule has 0 aromatic carbocycles. The molecule has 4 heteroatoms. The molecular formula is C21H30O4. The number of Topliss-reactive ketones (excluding diaryl/α,β-unsaturated/α-hetero) is 1. The fraction of sp³-hybridized carbons (Fsp3) is 0.667. The highest BCUT2D eigenvalue weighted by Gasteiger charge is 2.52. The Morgan fingerprint density at radius 1 is 1.32 bits per heavy atom. The van der Waals surface area contributed by atoms with Gasteiger partial charge in [-0.15, -0.1) is 0 Å². The Morgan fingerprint density at radius 3 is 2.80 bits per heavy atom. The highest BCUT2D eigenvalue weighted by Crippen LogP contribution is 2.53. The van der Waals surface area contributed by atoms with Crippen molar-refractivity contribution >= 4 is 5.78 Å². The summed E-state index contributed by atoms with van der Waals surface area (Å²) in [6.45, 7) is 6.33. The molecule has 3 aliphatic rings. The number of carbonyl (C=O) groups excluding carboxylic acids is 1. The molecule has 1 aliphatic heterocycles. The van der Waals surface area contributed by atoms with Crippen LogP contribution in [0.15, 0.2) is 34.6 Å². The van der Waals surface area contributed by atoms with Crippen LogP contribution >= 0.6 is 0 Å². The molecule has 0 aromatic heterocycles. The van der Waals surface area contributed by atoms with Gasteiger partial charge in [0.15, 0.2) is 5.78 Å². The van der Waals surface area contributed by atoms with E-state index >= 15 is 0 Å². The maximum Gasteiger partial charge on any atom is 0.162 e. The molecule has 3 rings (SSSR count). The van der Waals surface area contributed by atoms with Crippen molar-refractivity contribution in [2.75, 3.05) is 6.61 Å². The van der Waals surface area contributed by atoms with Crippen molar-refractivity contribution in [3.05, 3.63) is 34.6 Å². The zero-order valence-electron chi connectivity index (χ0n) is 15.5. The molecular weight excluding hydrogens is 316 g/mol. The van der Waals surface area contributed by atoms with Crippen molar-refractivity contribution in [3.63, 3.8) is 0 Å². The molecule has 1 fully saturated rings. The van der Waals surface area contributed by atoms with Gasteiger partial charge in [0.05, 0.1) is 6.61 Å². The monoisotopic (exact) mass is 346 g/mol. The highest BCUT2D eigenvalue weighted by atomic mass is 16.5. The Morgan fingerprint density at radius 2 is 2.08 bits per heavy atom. The first kappa shape index (κ1) is 18.4. The quantitative estimate of drug-likeness (QED) is 0.765. The van der Waals surface area contributed by atoms with Gasteiger partial charge in [-0.05, 0) is 58.8 Å². The second-order valence-electron chi connectivity index (χ2n) is 8.08. The van der Waals surface area contributed by atoms with Crippen LogP contribution in [0.4, 0.5) is 0 Å².